The molecule has 1 aromatic heterocycles. The smallest absolute Gasteiger partial charge is 0.321 e. The number of rotatable bonds is 6. The van der Waals surface area contributed by atoms with E-state index in [2.05, 4.69) is 50.0 Å². The van der Waals surface area contributed by atoms with E-state index in [1.54, 1.807) is 0 Å². The molecule has 0 aliphatic carbocycles. The summed E-state index contributed by atoms with van der Waals surface area (Å²) in [5.41, 5.74) is 8.67. The molecule has 1 atom stereocenters. The fourth-order valence-electron chi connectivity index (χ4n) is 4.47. The lowest BCUT2D eigenvalue weighted by atomic mass is 10.1. The van der Waals surface area contributed by atoms with Crippen molar-refractivity contribution in [3.63, 3.8) is 0 Å². The summed E-state index contributed by atoms with van der Waals surface area (Å²) >= 11 is 0. The van der Waals surface area contributed by atoms with Crippen molar-refractivity contribution in [3.8, 4) is 11.8 Å². The van der Waals surface area contributed by atoms with Gasteiger partial charge in [0.25, 0.3) is 0 Å². The van der Waals surface area contributed by atoms with E-state index in [9.17, 15) is 4.79 Å². The number of carbonyl (C=O) groups excluding carboxylic acids is 1. The SMILES string of the molecule is CCC(=O)N1CCN(Cc2ccc3cc(Oc4ncc(C5CCNN5)cn4)ccc3c2)CC1. The van der Waals surface area contributed by atoms with Gasteiger partial charge < -0.3 is 9.64 Å². The summed E-state index contributed by atoms with van der Waals surface area (Å²) in [5.74, 6) is 0.975. The zero-order chi connectivity index (χ0) is 22.6. The predicted octanol–water partition coefficient (Wildman–Crippen LogP) is 3.02. The van der Waals surface area contributed by atoms with Crippen molar-refractivity contribution >= 4 is 16.7 Å². The minimum Gasteiger partial charge on any atom is -0.424 e. The number of nitrogens with zero attached hydrogens (tertiary/aromatic N) is 4. The number of hydrogen-bond donors (Lipinski definition) is 2. The molecule has 2 aromatic carbocycles. The molecule has 3 heterocycles. The van der Waals surface area contributed by atoms with Crippen LogP contribution in [0.25, 0.3) is 10.8 Å². The van der Waals surface area contributed by atoms with Crippen LogP contribution in [0.5, 0.6) is 11.8 Å². The maximum absolute atomic E-state index is 11.9. The normalized spacial score (nSPS) is 19.2. The van der Waals surface area contributed by atoms with E-state index < -0.39 is 0 Å². The minimum atomic E-state index is 0.247. The van der Waals surface area contributed by atoms with Gasteiger partial charge in [-0.2, -0.15) is 0 Å². The number of aromatic nitrogens is 2. The Bertz CT molecular complexity index is 1110. The number of amides is 1. The van der Waals surface area contributed by atoms with Crippen molar-refractivity contribution in [3.05, 3.63) is 59.9 Å². The molecule has 0 spiro atoms. The van der Waals surface area contributed by atoms with E-state index in [4.69, 9.17) is 4.74 Å². The average molecular weight is 447 g/mol. The first-order valence-corrected chi connectivity index (χ1v) is 11.7. The fraction of sp³-hybridized carbons (Fsp3) is 0.400. The largest absolute Gasteiger partial charge is 0.424 e. The average Bonchev–Trinajstić information content (AvgIpc) is 3.40. The summed E-state index contributed by atoms with van der Waals surface area (Å²) in [5, 5.41) is 2.29. The van der Waals surface area contributed by atoms with Crippen LogP contribution in [0.1, 0.15) is 36.9 Å². The fourth-order valence-corrected chi connectivity index (χ4v) is 4.47. The second-order valence-electron chi connectivity index (χ2n) is 8.67. The first-order chi connectivity index (χ1) is 16.2. The molecule has 2 fully saturated rings. The number of hydrogen-bond acceptors (Lipinski definition) is 7. The van der Waals surface area contributed by atoms with Gasteiger partial charge in [0.05, 0.1) is 6.04 Å². The summed E-state index contributed by atoms with van der Waals surface area (Å²) in [4.78, 5) is 25.0. The zero-order valence-electron chi connectivity index (χ0n) is 19.0. The molecule has 8 nitrogen and oxygen atoms in total. The van der Waals surface area contributed by atoms with E-state index in [1.807, 2.05) is 36.4 Å². The van der Waals surface area contributed by atoms with Crippen molar-refractivity contribution in [2.24, 2.45) is 0 Å². The van der Waals surface area contributed by atoms with Crippen LogP contribution in [0.15, 0.2) is 48.8 Å². The standard InChI is InChI=1S/C25H30N6O2/c1-2-24(32)31-11-9-30(10-12-31)17-18-3-4-20-14-22(6-5-19(20)13-18)33-25-26-15-21(16-27-25)23-7-8-28-29-23/h3-6,13-16,23,28-29H,2,7-12,17H2,1H3. The van der Waals surface area contributed by atoms with Crippen molar-refractivity contribution in [2.75, 3.05) is 32.7 Å². The molecule has 2 saturated heterocycles. The molecule has 5 rings (SSSR count). The molecule has 1 amide bonds. The first-order valence-electron chi connectivity index (χ1n) is 11.7. The lowest BCUT2D eigenvalue weighted by Gasteiger charge is -2.34. The highest BCUT2D eigenvalue weighted by Crippen LogP contribution is 2.26. The van der Waals surface area contributed by atoms with Gasteiger partial charge in [-0.1, -0.05) is 25.1 Å². The molecule has 1 unspecified atom stereocenters. The second-order valence-corrected chi connectivity index (χ2v) is 8.67. The second kappa shape index (κ2) is 9.82. The Morgan fingerprint density at radius 1 is 1.06 bits per heavy atom. The lowest BCUT2D eigenvalue weighted by Crippen LogP contribution is -2.48. The van der Waals surface area contributed by atoms with Gasteiger partial charge in [0, 0.05) is 63.6 Å². The van der Waals surface area contributed by atoms with Crippen LogP contribution >= 0.6 is 0 Å². The van der Waals surface area contributed by atoms with Gasteiger partial charge in [-0.05, 0) is 41.0 Å². The van der Waals surface area contributed by atoms with Crippen molar-refractivity contribution in [2.45, 2.75) is 32.4 Å². The summed E-state index contributed by atoms with van der Waals surface area (Å²) in [6, 6.07) is 13.2. The van der Waals surface area contributed by atoms with Gasteiger partial charge in [-0.3, -0.25) is 20.5 Å². The monoisotopic (exact) mass is 446 g/mol. The van der Waals surface area contributed by atoms with Crippen LogP contribution in [-0.2, 0) is 11.3 Å². The van der Waals surface area contributed by atoms with Crippen molar-refractivity contribution < 1.29 is 9.53 Å². The van der Waals surface area contributed by atoms with Gasteiger partial charge in [0.2, 0.25) is 5.91 Å². The topological polar surface area (TPSA) is 82.6 Å². The summed E-state index contributed by atoms with van der Waals surface area (Å²) in [6.45, 7) is 7.24. The number of nitrogens with one attached hydrogen (secondary N) is 2. The van der Waals surface area contributed by atoms with Crippen molar-refractivity contribution in [1.82, 2.24) is 30.6 Å². The highest BCUT2D eigenvalue weighted by atomic mass is 16.5. The number of piperazine rings is 1. The van der Waals surface area contributed by atoms with E-state index in [0.29, 0.717) is 12.4 Å². The van der Waals surface area contributed by atoms with Crippen molar-refractivity contribution in [1.29, 1.82) is 0 Å². The van der Waals surface area contributed by atoms with Crippen LogP contribution in [0.3, 0.4) is 0 Å². The molecule has 0 saturated carbocycles. The summed E-state index contributed by atoms with van der Waals surface area (Å²) < 4.78 is 5.90. The molecular formula is C25H30N6O2. The summed E-state index contributed by atoms with van der Waals surface area (Å²) in [7, 11) is 0. The Morgan fingerprint density at radius 3 is 2.55 bits per heavy atom. The molecule has 172 valence electrons. The van der Waals surface area contributed by atoms with E-state index in [-0.39, 0.29) is 11.9 Å². The third-order valence-corrected chi connectivity index (χ3v) is 6.40. The van der Waals surface area contributed by atoms with Crippen LogP contribution in [0.4, 0.5) is 0 Å². The van der Waals surface area contributed by atoms with E-state index in [0.717, 1.165) is 62.4 Å². The number of hydrazine groups is 1. The Morgan fingerprint density at radius 2 is 1.82 bits per heavy atom. The van der Waals surface area contributed by atoms with Crippen LogP contribution in [0, 0.1) is 0 Å². The van der Waals surface area contributed by atoms with Gasteiger partial charge in [0.1, 0.15) is 5.75 Å². The predicted molar refractivity (Wildman–Crippen MR) is 127 cm³/mol. The molecule has 2 N–H and O–H groups in total. The number of benzene rings is 2. The Kier molecular flexibility index (Phi) is 6.48. The van der Waals surface area contributed by atoms with E-state index >= 15 is 0 Å². The third-order valence-electron chi connectivity index (χ3n) is 6.40. The molecule has 8 heteroatoms. The molecule has 0 radical (unpaired) electrons. The first kappa shape index (κ1) is 21.8. The van der Waals surface area contributed by atoms with Gasteiger partial charge in [-0.25, -0.2) is 9.97 Å². The quantitative estimate of drug-likeness (QED) is 0.602. The van der Waals surface area contributed by atoms with Gasteiger partial charge in [0.15, 0.2) is 0 Å². The maximum atomic E-state index is 11.9. The highest BCUT2D eigenvalue weighted by Gasteiger charge is 2.20. The molecule has 33 heavy (non-hydrogen) atoms. The number of carbonyl (C=O) groups is 1. The molecular weight excluding hydrogens is 416 g/mol. The molecule has 2 aliphatic heterocycles. The van der Waals surface area contributed by atoms with Crippen LogP contribution < -0.4 is 15.6 Å². The highest BCUT2D eigenvalue weighted by molar-refractivity contribution is 5.84. The van der Waals surface area contributed by atoms with Gasteiger partial charge >= 0.3 is 6.01 Å². The molecule has 0 bridgehead atoms. The number of ether oxygens (including phenoxy) is 1. The maximum Gasteiger partial charge on any atom is 0.321 e. The Balaban J connectivity index is 1.21. The zero-order valence-corrected chi connectivity index (χ0v) is 19.0. The van der Waals surface area contributed by atoms with Crippen LogP contribution in [-0.4, -0.2) is 58.4 Å². The molecule has 2 aliphatic rings. The van der Waals surface area contributed by atoms with E-state index in [1.165, 1.54) is 10.9 Å². The minimum absolute atomic E-state index is 0.247. The number of fused-ring (bicyclic) bond motifs is 1. The van der Waals surface area contributed by atoms with Crippen LogP contribution in [0.2, 0.25) is 0 Å². The Labute approximate surface area is 193 Å². The molecule has 3 aromatic rings. The Hall–Kier alpha value is -3.07. The van der Waals surface area contributed by atoms with Gasteiger partial charge in [-0.15, -0.1) is 0 Å². The third kappa shape index (κ3) is 5.13. The summed E-state index contributed by atoms with van der Waals surface area (Å²) in [6.07, 6.45) is 5.24. The lowest BCUT2D eigenvalue weighted by molar-refractivity contribution is -0.132.